The van der Waals surface area contributed by atoms with Gasteiger partial charge in [0.25, 0.3) is 5.91 Å². The molecule has 0 atom stereocenters. The molecule has 0 aliphatic heterocycles. The van der Waals surface area contributed by atoms with Gasteiger partial charge in [0.1, 0.15) is 0 Å². The summed E-state index contributed by atoms with van der Waals surface area (Å²) >= 11 is 5.15. The lowest BCUT2D eigenvalue weighted by atomic mass is 9.96. The Morgan fingerprint density at radius 3 is 1.96 bits per heavy atom. The molecule has 26 heavy (non-hydrogen) atoms. The van der Waals surface area contributed by atoms with Crippen molar-refractivity contribution in [1.29, 1.82) is 0 Å². The van der Waals surface area contributed by atoms with Crippen molar-refractivity contribution in [2.24, 2.45) is 5.41 Å². The van der Waals surface area contributed by atoms with Gasteiger partial charge in [-0.3, -0.25) is 9.59 Å². The van der Waals surface area contributed by atoms with Crippen LogP contribution in [-0.4, -0.2) is 16.9 Å². The van der Waals surface area contributed by atoms with Gasteiger partial charge >= 0.3 is 0 Å². The summed E-state index contributed by atoms with van der Waals surface area (Å²) in [6.07, 6.45) is 0. The molecule has 2 aromatic rings. The van der Waals surface area contributed by atoms with Crippen molar-refractivity contribution in [2.45, 2.75) is 27.7 Å². The van der Waals surface area contributed by atoms with Crippen LogP contribution in [-0.2, 0) is 4.79 Å². The molecule has 0 radical (unpaired) electrons. The number of amides is 2. The number of hydrogen-bond donors (Lipinski definition) is 3. The lowest BCUT2D eigenvalue weighted by molar-refractivity contribution is -0.126. The van der Waals surface area contributed by atoms with Crippen LogP contribution in [0.4, 0.5) is 11.4 Å². The SMILES string of the molecule is Cc1ccccc1C(=O)Nc1ccc(NC(=S)NC(=O)C(C)(C)C)cc1. The van der Waals surface area contributed by atoms with Crippen LogP contribution in [0, 0.1) is 12.3 Å². The maximum Gasteiger partial charge on any atom is 0.255 e. The lowest BCUT2D eigenvalue weighted by Gasteiger charge is -2.18. The summed E-state index contributed by atoms with van der Waals surface area (Å²) in [5.41, 5.74) is 2.44. The van der Waals surface area contributed by atoms with E-state index in [0.717, 1.165) is 11.3 Å². The molecule has 3 N–H and O–H groups in total. The van der Waals surface area contributed by atoms with Gasteiger partial charge in [0.2, 0.25) is 5.91 Å². The smallest absolute Gasteiger partial charge is 0.255 e. The molecule has 0 unspecified atom stereocenters. The molecule has 0 fully saturated rings. The summed E-state index contributed by atoms with van der Waals surface area (Å²) in [6.45, 7) is 7.35. The fourth-order valence-electron chi connectivity index (χ4n) is 2.12. The number of nitrogens with one attached hydrogen (secondary N) is 3. The molecule has 2 aromatic carbocycles. The minimum Gasteiger partial charge on any atom is -0.332 e. The van der Waals surface area contributed by atoms with Crippen molar-refractivity contribution in [3.8, 4) is 0 Å². The Labute approximate surface area is 159 Å². The van der Waals surface area contributed by atoms with E-state index in [-0.39, 0.29) is 16.9 Å². The largest absolute Gasteiger partial charge is 0.332 e. The summed E-state index contributed by atoms with van der Waals surface area (Å²) < 4.78 is 0. The first kappa shape index (κ1) is 19.6. The van der Waals surface area contributed by atoms with E-state index in [4.69, 9.17) is 12.2 Å². The number of anilines is 2. The third-order valence-corrected chi connectivity index (χ3v) is 3.90. The number of hydrogen-bond acceptors (Lipinski definition) is 3. The fourth-order valence-corrected chi connectivity index (χ4v) is 2.33. The van der Waals surface area contributed by atoms with E-state index >= 15 is 0 Å². The zero-order valence-corrected chi connectivity index (χ0v) is 16.2. The van der Waals surface area contributed by atoms with Gasteiger partial charge in [-0.2, -0.15) is 0 Å². The molecule has 0 spiro atoms. The van der Waals surface area contributed by atoms with Crippen LogP contribution in [0.1, 0.15) is 36.7 Å². The van der Waals surface area contributed by atoms with Crippen molar-refractivity contribution in [3.05, 3.63) is 59.7 Å². The fraction of sp³-hybridized carbons (Fsp3) is 0.250. The first-order chi connectivity index (χ1) is 12.2. The van der Waals surface area contributed by atoms with Gasteiger partial charge in [-0.15, -0.1) is 0 Å². The molecule has 0 heterocycles. The van der Waals surface area contributed by atoms with Gasteiger partial charge in [-0.05, 0) is 55.0 Å². The van der Waals surface area contributed by atoms with Crippen molar-refractivity contribution >= 4 is 40.5 Å². The van der Waals surface area contributed by atoms with Crippen molar-refractivity contribution in [1.82, 2.24) is 5.32 Å². The molecule has 0 aliphatic carbocycles. The molecular weight excluding hydrogens is 346 g/mol. The standard InChI is InChI=1S/C20H23N3O2S/c1-13-7-5-6-8-16(13)17(24)21-14-9-11-15(12-10-14)22-19(26)23-18(25)20(2,3)4/h5-12H,1-4H3,(H,21,24)(H2,22,23,25,26). The van der Waals surface area contributed by atoms with Gasteiger partial charge in [0.05, 0.1) is 0 Å². The van der Waals surface area contributed by atoms with Gasteiger partial charge in [0.15, 0.2) is 5.11 Å². The van der Waals surface area contributed by atoms with E-state index in [9.17, 15) is 9.59 Å². The first-order valence-corrected chi connectivity index (χ1v) is 8.67. The zero-order chi connectivity index (χ0) is 19.3. The Balaban J connectivity index is 1.96. The molecule has 0 saturated heterocycles. The number of rotatable bonds is 3. The second kappa shape index (κ2) is 8.10. The van der Waals surface area contributed by atoms with E-state index < -0.39 is 5.41 Å². The summed E-state index contributed by atoms with van der Waals surface area (Å²) in [6, 6.07) is 14.5. The Hall–Kier alpha value is -2.73. The van der Waals surface area contributed by atoms with Gasteiger partial charge < -0.3 is 16.0 Å². The highest BCUT2D eigenvalue weighted by molar-refractivity contribution is 7.80. The highest BCUT2D eigenvalue weighted by Gasteiger charge is 2.21. The Morgan fingerprint density at radius 1 is 0.885 bits per heavy atom. The Morgan fingerprint density at radius 2 is 1.42 bits per heavy atom. The summed E-state index contributed by atoms with van der Waals surface area (Å²) in [4.78, 5) is 24.2. The highest BCUT2D eigenvalue weighted by Crippen LogP contribution is 2.16. The predicted octanol–water partition coefficient (Wildman–Crippen LogP) is 4.11. The van der Waals surface area contributed by atoms with Crippen LogP contribution in [0.3, 0.4) is 0 Å². The molecule has 0 aliphatic rings. The predicted molar refractivity (Wildman–Crippen MR) is 109 cm³/mol. The van der Waals surface area contributed by atoms with Crippen LogP contribution in [0.15, 0.2) is 48.5 Å². The molecule has 136 valence electrons. The third kappa shape index (κ3) is 5.39. The highest BCUT2D eigenvalue weighted by atomic mass is 32.1. The lowest BCUT2D eigenvalue weighted by Crippen LogP contribution is -2.41. The number of carbonyl (C=O) groups excluding carboxylic acids is 2. The molecule has 0 aromatic heterocycles. The van der Waals surface area contributed by atoms with E-state index in [1.165, 1.54) is 0 Å². The van der Waals surface area contributed by atoms with E-state index in [2.05, 4.69) is 16.0 Å². The molecule has 0 bridgehead atoms. The Bertz CT molecular complexity index is 824. The van der Waals surface area contributed by atoms with Crippen LogP contribution < -0.4 is 16.0 Å². The molecule has 2 rings (SSSR count). The van der Waals surface area contributed by atoms with Crippen molar-refractivity contribution in [3.63, 3.8) is 0 Å². The van der Waals surface area contributed by atoms with E-state index in [1.54, 1.807) is 30.3 Å². The maximum atomic E-state index is 12.3. The van der Waals surface area contributed by atoms with Gasteiger partial charge in [0, 0.05) is 22.4 Å². The summed E-state index contributed by atoms with van der Waals surface area (Å²) in [5.74, 6) is -0.311. The van der Waals surface area contributed by atoms with Crippen LogP contribution in [0.25, 0.3) is 0 Å². The van der Waals surface area contributed by atoms with E-state index in [0.29, 0.717) is 11.3 Å². The van der Waals surface area contributed by atoms with Crippen LogP contribution in [0.5, 0.6) is 0 Å². The molecule has 5 nitrogen and oxygen atoms in total. The number of thiocarbonyl (C=S) groups is 1. The number of aryl methyl sites for hydroxylation is 1. The number of benzene rings is 2. The molecule has 2 amide bonds. The monoisotopic (exact) mass is 369 g/mol. The van der Waals surface area contributed by atoms with Crippen molar-refractivity contribution < 1.29 is 9.59 Å². The molecule has 6 heteroatoms. The van der Waals surface area contributed by atoms with E-state index in [1.807, 2.05) is 45.9 Å². The average Bonchev–Trinajstić information content (AvgIpc) is 2.56. The van der Waals surface area contributed by atoms with Crippen molar-refractivity contribution in [2.75, 3.05) is 10.6 Å². The molecule has 0 saturated carbocycles. The average molecular weight is 369 g/mol. The first-order valence-electron chi connectivity index (χ1n) is 8.26. The normalized spacial score (nSPS) is 10.8. The summed E-state index contributed by atoms with van der Waals surface area (Å²) in [5, 5.41) is 8.71. The Kier molecular flexibility index (Phi) is 6.10. The summed E-state index contributed by atoms with van der Waals surface area (Å²) in [7, 11) is 0. The second-order valence-electron chi connectivity index (χ2n) is 7.00. The number of carbonyl (C=O) groups is 2. The molecular formula is C20H23N3O2S. The topological polar surface area (TPSA) is 70.2 Å². The van der Waals surface area contributed by atoms with Gasteiger partial charge in [-0.25, -0.2) is 0 Å². The maximum absolute atomic E-state index is 12.3. The minimum absolute atomic E-state index is 0.155. The van der Waals surface area contributed by atoms with Crippen LogP contribution in [0.2, 0.25) is 0 Å². The van der Waals surface area contributed by atoms with Gasteiger partial charge in [-0.1, -0.05) is 39.0 Å². The second-order valence-corrected chi connectivity index (χ2v) is 7.41. The van der Waals surface area contributed by atoms with Crippen LogP contribution >= 0.6 is 12.2 Å². The quantitative estimate of drug-likeness (QED) is 0.712. The zero-order valence-electron chi connectivity index (χ0n) is 15.3. The minimum atomic E-state index is -0.518. The third-order valence-electron chi connectivity index (χ3n) is 3.70.